The summed E-state index contributed by atoms with van der Waals surface area (Å²) in [6.45, 7) is 0.355. The molecule has 6 unspecified atom stereocenters. The van der Waals surface area contributed by atoms with Crippen LogP contribution in [-0.2, 0) is 14.2 Å². The van der Waals surface area contributed by atoms with Crippen LogP contribution in [0.25, 0.3) is 10.3 Å². The second kappa shape index (κ2) is 7.68. The van der Waals surface area contributed by atoms with Gasteiger partial charge in [0.1, 0.15) is 23.7 Å². The van der Waals surface area contributed by atoms with Crippen LogP contribution in [0.1, 0.15) is 11.9 Å². The number of aromatic nitrogens is 2. The highest BCUT2D eigenvalue weighted by molar-refractivity contribution is 7.99. The van der Waals surface area contributed by atoms with Crippen molar-refractivity contribution in [3.05, 3.63) is 53.7 Å². The van der Waals surface area contributed by atoms with E-state index in [1.807, 2.05) is 36.4 Å². The number of benzene rings is 1. The number of fused-ring (bicyclic) bond motifs is 2. The lowest BCUT2D eigenvalue weighted by atomic mass is 9.97. The molecule has 3 aromatic rings. The third-order valence-corrected chi connectivity index (χ3v) is 6.79. The molecular formula is C19H19N3O4S2. The van der Waals surface area contributed by atoms with Crippen LogP contribution in [0.4, 0.5) is 0 Å². The van der Waals surface area contributed by atoms with Crippen molar-refractivity contribution < 1.29 is 19.3 Å². The number of thiazole rings is 1. The van der Waals surface area contributed by atoms with E-state index in [1.165, 1.54) is 23.1 Å². The van der Waals surface area contributed by atoms with Gasteiger partial charge in [0.2, 0.25) is 0 Å². The van der Waals surface area contributed by atoms with E-state index < -0.39 is 30.0 Å². The van der Waals surface area contributed by atoms with Crippen molar-refractivity contribution in [1.82, 2.24) is 9.97 Å². The maximum Gasteiger partial charge on any atom is 0.184 e. The molecule has 2 aromatic heterocycles. The summed E-state index contributed by atoms with van der Waals surface area (Å²) in [4.78, 5) is 9.42. The summed E-state index contributed by atoms with van der Waals surface area (Å²) >= 11 is 2.93. The number of pyridine rings is 1. The summed E-state index contributed by atoms with van der Waals surface area (Å²) in [5.41, 5.74) is 9.22. The van der Waals surface area contributed by atoms with Crippen LogP contribution in [0.5, 0.6) is 0 Å². The van der Waals surface area contributed by atoms with Crippen molar-refractivity contribution in [3.63, 3.8) is 0 Å². The maximum absolute atomic E-state index is 10.7. The Morgan fingerprint density at radius 1 is 1.18 bits per heavy atom. The number of nitrogens with zero attached hydrogens (tertiary/aromatic N) is 2. The first-order valence-corrected chi connectivity index (χ1v) is 10.7. The van der Waals surface area contributed by atoms with Gasteiger partial charge in [-0.05, 0) is 6.07 Å². The summed E-state index contributed by atoms with van der Waals surface area (Å²) in [6, 6.07) is 11.1. The number of thioether (sulfide) groups is 1. The molecule has 5 rings (SSSR count). The second-order valence-electron chi connectivity index (χ2n) is 6.75. The Balaban J connectivity index is 1.30. The van der Waals surface area contributed by atoms with Crippen LogP contribution in [-0.4, -0.2) is 51.5 Å². The molecule has 9 heteroatoms. The van der Waals surface area contributed by atoms with Gasteiger partial charge in [-0.3, -0.25) is 0 Å². The molecule has 2 fully saturated rings. The number of hydrogen-bond donors (Lipinski definition) is 2. The van der Waals surface area contributed by atoms with Crippen molar-refractivity contribution in [3.8, 4) is 0 Å². The fourth-order valence-electron chi connectivity index (χ4n) is 3.45. The lowest BCUT2D eigenvalue weighted by Crippen LogP contribution is -2.64. The van der Waals surface area contributed by atoms with Crippen LogP contribution in [0.3, 0.4) is 0 Å². The van der Waals surface area contributed by atoms with Crippen molar-refractivity contribution in [2.24, 2.45) is 5.73 Å². The van der Waals surface area contributed by atoms with E-state index in [4.69, 9.17) is 19.9 Å². The molecule has 6 atom stereocenters. The van der Waals surface area contributed by atoms with Crippen molar-refractivity contribution in [1.29, 1.82) is 0 Å². The molecule has 0 aliphatic carbocycles. The Morgan fingerprint density at radius 3 is 2.89 bits per heavy atom. The Kier molecular flexibility index (Phi) is 5.06. The Morgan fingerprint density at radius 2 is 2.04 bits per heavy atom. The van der Waals surface area contributed by atoms with Gasteiger partial charge in [-0.15, -0.1) is 11.3 Å². The van der Waals surface area contributed by atoms with Crippen molar-refractivity contribution in [2.45, 2.75) is 41.0 Å². The SMILES string of the molecule is NC1C(O)C(Sc2cnc3ncsc3c2)OC2COC(c3ccccc3)OC21. The molecule has 2 aliphatic heterocycles. The van der Waals surface area contributed by atoms with Crippen LogP contribution < -0.4 is 5.73 Å². The number of nitrogens with two attached hydrogens (primary N) is 1. The van der Waals surface area contributed by atoms with E-state index >= 15 is 0 Å². The van der Waals surface area contributed by atoms with Gasteiger partial charge in [-0.25, -0.2) is 9.97 Å². The van der Waals surface area contributed by atoms with E-state index in [9.17, 15) is 5.11 Å². The van der Waals surface area contributed by atoms with Gasteiger partial charge in [0.05, 0.1) is 22.9 Å². The van der Waals surface area contributed by atoms with Crippen molar-refractivity contribution >= 4 is 33.4 Å². The minimum atomic E-state index is -0.877. The predicted octanol–water partition coefficient (Wildman–Crippen LogP) is 2.31. The van der Waals surface area contributed by atoms with Crippen LogP contribution in [0.2, 0.25) is 0 Å². The average molecular weight is 418 g/mol. The molecule has 146 valence electrons. The molecule has 0 bridgehead atoms. The molecule has 2 saturated heterocycles. The fraction of sp³-hybridized carbons (Fsp3) is 0.368. The summed E-state index contributed by atoms with van der Waals surface area (Å²) in [5, 5.41) is 10.7. The van der Waals surface area contributed by atoms with Gasteiger partial charge >= 0.3 is 0 Å². The van der Waals surface area contributed by atoms with Crippen molar-refractivity contribution in [2.75, 3.05) is 6.61 Å². The van der Waals surface area contributed by atoms with Crippen LogP contribution >= 0.6 is 23.1 Å². The molecule has 0 radical (unpaired) electrons. The highest BCUT2D eigenvalue weighted by atomic mass is 32.2. The number of aliphatic hydroxyl groups is 1. The topological polar surface area (TPSA) is 99.7 Å². The predicted molar refractivity (Wildman–Crippen MR) is 106 cm³/mol. The first-order chi connectivity index (χ1) is 13.7. The molecule has 28 heavy (non-hydrogen) atoms. The van der Waals surface area contributed by atoms with E-state index in [0.717, 1.165) is 20.8 Å². The minimum Gasteiger partial charge on any atom is -0.388 e. The molecule has 7 nitrogen and oxygen atoms in total. The third-order valence-electron chi connectivity index (χ3n) is 4.91. The van der Waals surface area contributed by atoms with Gasteiger partial charge in [-0.2, -0.15) is 0 Å². The molecule has 0 spiro atoms. The van der Waals surface area contributed by atoms with E-state index in [-0.39, 0.29) is 6.10 Å². The lowest BCUT2D eigenvalue weighted by Gasteiger charge is -2.46. The summed E-state index contributed by atoms with van der Waals surface area (Å²) in [6.07, 6.45) is -0.423. The van der Waals surface area contributed by atoms with E-state index in [2.05, 4.69) is 9.97 Å². The molecule has 0 saturated carbocycles. The zero-order valence-corrected chi connectivity index (χ0v) is 16.4. The molecule has 3 N–H and O–H groups in total. The summed E-state index contributed by atoms with van der Waals surface area (Å²) in [5.74, 6) is 0. The minimum absolute atomic E-state index is 0.337. The highest BCUT2D eigenvalue weighted by Crippen LogP contribution is 2.38. The summed E-state index contributed by atoms with van der Waals surface area (Å²) in [7, 11) is 0. The molecule has 4 heterocycles. The zero-order chi connectivity index (χ0) is 19.1. The van der Waals surface area contributed by atoms with Gasteiger partial charge in [0.25, 0.3) is 0 Å². The highest BCUT2D eigenvalue weighted by Gasteiger charge is 2.48. The normalized spacial score (nSPS) is 32.9. The lowest BCUT2D eigenvalue weighted by molar-refractivity contribution is -0.297. The Labute approximate surface area is 169 Å². The largest absolute Gasteiger partial charge is 0.388 e. The quantitative estimate of drug-likeness (QED) is 0.670. The maximum atomic E-state index is 10.7. The van der Waals surface area contributed by atoms with Crippen LogP contribution in [0, 0.1) is 0 Å². The van der Waals surface area contributed by atoms with E-state index in [1.54, 1.807) is 11.7 Å². The first-order valence-electron chi connectivity index (χ1n) is 8.96. The smallest absolute Gasteiger partial charge is 0.184 e. The third kappa shape index (κ3) is 3.43. The molecule has 0 amide bonds. The van der Waals surface area contributed by atoms with Crippen LogP contribution in [0.15, 0.2) is 53.0 Å². The van der Waals surface area contributed by atoms with Gasteiger partial charge < -0.3 is 25.1 Å². The standard InChI is InChI=1S/C19H19N3O4S2/c20-14-15(23)19(28-11-6-13-17(21-7-11)22-9-27-13)25-12-8-24-18(26-16(12)14)10-4-2-1-3-5-10/h1-7,9,12,14-16,18-19,23H,8,20H2. The molecule has 2 aliphatic rings. The van der Waals surface area contributed by atoms with E-state index in [0.29, 0.717) is 6.61 Å². The summed E-state index contributed by atoms with van der Waals surface area (Å²) < 4.78 is 19.0. The second-order valence-corrected chi connectivity index (χ2v) is 8.81. The monoisotopic (exact) mass is 417 g/mol. The molecule has 1 aromatic carbocycles. The number of hydrogen-bond acceptors (Lipinski definition) is 9. The Bertz CT molecular complexity index is 955. The van der Waals surface area contributed by atoms with Gasteiger partial charge in [0.15, 0.2) is 11.9 Å². The zero-order valence-electron chi connectivity index (χ0n) is 14.8. The number of rotatable bonds is 3. The van der Waals surface area contributed by atoms with Gasteiger partial charge in [0, 0.05) is 16.7 Å². The fourth-order valence-corrected chi connectivity index (χ4v) is 5.28. The number of aliphatic hydroxyl groups excluding tert-OH is 1. The Hall–Kier alpha value is -1.59. The molecular weight excluding hydrogens is 398 g/mol. The average Bonchev–Trinajstić information content (AvgIpc) is 3.20. The van der Waals surface area contributed by atoms with Gasteiger partial charge in [-0.1, -0.05) is 42.1 Å². The first kappa shape index (κ1) is 18.4. The number of ether oxygens (including phenoxy) is 3.